The molecule has 3 rings (SSSR count). The zero-order valence-electron chi connectivity index (χ0n) is 20.4. The summed E-state index contributed by atoms with van der Waals surface area (Å²) in [5.74, 6) is -0.262. The van der Waals surface area contributed by atoms with Gasteiger partial charge in [-0.1, -0.05) is 29.8 Å². The number of nitrogens with one attached hydrogen (secondary N) is 1. The largest absolute Gasteiger partial charge is 0.337 e. The predicted molar refractivity (Wildman–Crippen MR) is 134 cm³/mol. The van der Waals surface area contributed by atoms with Crippen LogP contribution in [0.3, 0.4) is 0 Å². The van der Waals surface area contributed by atoms with E-state index in [0.29, 0.717) is 30.1 Å². The van der Waals surface area contributed by atoms with Crippen LogP contribution in [0.15, 0.2) is 42.5 Å². The normalized spacial score (nSPS) is 18.9. The minimum absolute atomic E-state index is 0.0774. The molecule has 2 amide bonds. The van der Waals surface area contributed by atoms with Crippen molar-refractivity contribution in [1.82, 2.24) is 14.7 Å². The van der Waals surface area contributed by atoms with Gasteiger partial charge in [0.1, 0.15) is 5.82 Å². The number of hydrogen-bond donors (Lipinski definition) is 1. The summed E-state index contributed by atoms with van der Waals surface area (Å²) in [4.78, 5) is 31.4. The molecule has 34 heavy (non-hydrogen) atoms. The summed E-state index contributed by atoms with van der Waals surface area (Å²) in [7, 11) is 3.66. The van der Waals surface area contributed by atoms with Crippen molar-refractivity contribution < 1.29 is 14.0 Å². The molecular weight excluding hydrogens is 455 g/mol. The topological polar surface area (TPSA) is 55.9 Å². The molecule has 1 saturated heterocycles. The first-order valence-corrected chi connectivity index (χ1v) is 12.0. The Morgan fingerprint density at radius 2 is 1.79 bits per heavy atom. The highest BCUT2D eigenvalue weighted by Crippen LogP contribution is 2.24. The first-order valence-electron chi connectivity index (χ1n) is 11.6. The number of benzene rings is 2. The third-order valence-electron chi connectivity index (χ3n) is 6.15. The van der Waals surface area contributed by atoms with Crippen LogP contribution in [0.1, 0.15) is 31.4 Å². The Kier molecular flexibility index (Phi) is 9.05. The molecule has 1 N–H and O–H groups in total. The number of likely N-dealkylation sites (N-methyl/N-ethyl adjacent to an activating group) is 1. The van der Waals surface area contributed by atoms with Crippen molar-refractivity contribution in [3.05, 3.63) is 64.4 Å². The van der Waals surface area contributed by atoms with E-state index in [1.807, 2.05) is 37.2 Å². The van der Waals surface area contributed by atoms with Gasteiger partial charge >= 0.3 is 0 Å². The molecule has 0 aromatic heterocycles. The van der Waals surface area contributed by atoms with Gasteiger partial charge in [-0.2, -0.15) is 0 Å². The Morgan fingerprint density at radius 3 is 2.47 bits per heavy atom. The number of halogens is 2. The van der Waals surface area contributed by atoms with Crippen LogP contribution in [0.4, 0.5) is 10.1 Å². The molecule has 0 aliphatic carbocycles. The average molecular weight is 489 g/mol. The van der Waals surface area contributed by atoms with Crippen LogP contribution in [0, 0.1) is 5.82 Å². The zero-order chi connectivity index (χ0) is 24.8. The van der Waals surface area contributed by atoms with E-state index in [4.69, 9.17) is 11.6 Å². The fourth-order valence-corrected chi connectivity index (χ4v) is 4.51. The summed E-state index contributed by atoms with van der Waals surface area (Å²) >= 11 is 6.14. The van der Waals surface area contributed by atoms with Crippen molar-refractivity contribution in [2.75, 3.05) is 39.0 Å². The molecule has 1 aliphatic heterocycles. The fourth-order valence-electron chi connectivity index (χ4n) is 4.34. The first kappa shape index (κ1) is 26.1. The van der Waals surface area contributed by atoms with Crippen molar-refractivity contribution in [3.8, 4) is 0 Å². The Labute approximate surface area is 206 Å². The van der Waals surface area contributed by atoms with E-state index in [2.05, 4.69) is 24.1 Å². The van der Waals surface area contributed by atoms with Gasteiger partial charge in [0.05, 0.1) is 6.54 Å². The van der Waals surface area contributed by atoms with Gasteiger partial charge in [0.15, 0.2) is 0 Å². The summed E-state index contributed by atoms with van der Waals surface area (Å²) in [5, 5.41) is 3.45. The molecule has 0 bridgehead atoms. The second-order valence-electron chi connectivity index (χ2n) is 9.39. The van der Waals surface area contributed by atoms with Gasteiger partial charge in [0.25, 0.3) is 0 Å². The molecule has 0 saturated carbocycles. The summed E-state index contributed by atoms with van der Waals surface area (Å²) in [6, 6.07) is 12.2. The quantitative estimate of drug-likeness (QED) is 0.609. The summed E-state index contributed by atoms with van der Waals surface area (Å²) in [6.45, 7) is 6.59. The molecule has 1 heterocycles. The molecule has 184 valence electrons. The van der Waals surface area contributed by atoms with E-state index in [1.54, 1.807) is 17.0 Å². The molecule has 2 aromatic carbocycles. The first-order chi connectivity index (χ1) is 16.1. The van der Waals surface area contributed by atoms with Gasteiger partial charge < -0.3 is 15.1 Å². The maximum Gasteiger partial charge on any atom is 0.238 e. The number of amides is 2. The Balaban J connectivity index is 1.59. The lowest BCUT2D eigenvalue weighted by Gasteiger charge is -2.44. The third kappa shape index (κ3) is 7.26. The van der Waals surface area contributed by atoms with Gasteiger partial charge in [0.2, 0.25) is 11.8 Å². The number of piperazine rings is 1. The summed E-state index contributed by atoms with van der Waals surface area (Å²) in [5.41, 5.74) is 2.60. The molecular formula is C26H34ClFN4O2. The second-order valence-corrected chi connectivity index (χ2v) is 9.82. The van der Waals surface area contributed by atoms with Crippen molar-refractivity contribution >= 4 is 29.1 Å². The van der Waals surface area contributed by atoms with Crippen LogP contribution in [0.5, 0.6) is 0 Å². The minimum Gasteiger partial charge on any atom is -0.337 e. The van der Waals surface area contributed by atoms with Gasteiger partial charge in [-0.05, 0) is 69.8 Å². The molecule has 6 nitrogen and oxygen atoms in total. The van der Waals surface area contributed by atoms with E-state index in [-0.39, 0.29) is 36.3 Å². The molecule has 0 radical (unpaired) electrons. The van der Waals surface area contributed by atoms with Gasteiger partial charge in [-0.3, -0.25) is 14.5 Å². The highest BCUT2D eigenvalue weighted by molar-refractivity contribution is 6.31. The number of nitrogens with zero attached hydrogens (tertiary/aromatic N) is 3. The van der Waals surface area contributed by atoms with Crippen molar-refractivity contribution in [1.29, 1.82) is 0 Å². The molecule has 2 aromatic rings. The van der Waals surface area contributed by atoms with E-state index in [0.717, 1.165) is 24.2 Å². The smallest absolute Gasteiger partial charge is 0.238 e. The Morgan fingerprint density at radius 1 is 1.09 bits per heavy atom. The van der Waals surface area contributed by atoms with Crippen molar-refractivity contribution in [2.45, 2.75) is 45.3 Å². The highest BCUT2D eigenvalue weighted by atomic mass is 35.5. The molecule has 8 heteroatoms. The Hall–Kier alpha value is -2.48. The predicted octanol–water partition coefficient (Wildman–Crippen LogP) is 4.03. The van der Waals surface area contributed by atoms with E-state index in [9.17, 15) is 14.0 Å². The third-order valence-corrected chi connectivity index (χ3v) is 6.38. The van der Waals surface area contributed by atoms with Crippen LogP contribution in [-0.4, -0.2) is 72.3 Å². The molecule has 2 atom stereocenters. The fraction of sp³-hybridized carbons (Fsp3) is 0.462. The molecule has 1 aliphatic rings. The summed E-state index contributed by atoms with van der Waals surface area (Å²) in [6.07, 6.45) is 0.873. The van der Waals surface area contributed by atoms with Crippen LogP contribution >= 0.6 is 11.6 Å². The average Bonchev–Trinajstić information content (AvgIpc) is 2.76. The Bertz CT molecular complexity index is 999. The van der Waals surface area contributed by atoms with E-state index < -0.39 is 0 Å². The highest BCUT2D eigenvalue weighted by Gasteiger charge is 2.31. The monoisotopic (exact) mass is 488 g/mol. The number of anilines is 1. The van der Waals surface area contributed by atoms with Gasteiger partial charge in [0, 0.05) is 48.8 Å². The standard InChI is InChI=1S/C26H34ClFN4O2/c1-18-15-32(19(2)14-31(18)16-20-5-10-23(28)11-6-20)26(34)12-8-21-7-9-22(27)13-24(21)29-25(33)17-30(3)4/h5-7,9-11,13,18-19H,8,12,14-17H2,1-4H3,(H,29,33)/t18-,19+/m0/s1. The minimum atomic E-state index is -0.235. The SMILES string of the molecule is C[C@@H]1CN(Cc2ccc(F)cc2)[C@@H](C)CN1C(=O)CCc1ccc(Cl)cc1NC(=O)CN(C)C. The van der Waals surface area contributed by atoms with Crippen LogP contribution in [0.2, 0.25) is 5.02 Å². The van der Waals surface area contributed by atoms with Crippen molar-refractivity contribution in [2.24, 2.45) is 0 Å². The maximum absolute atomic E-state index is 13.2. The lowest BCUT2D eigenvalue weighted by Crippen LogP contribution is -2.57. The molecule has 0 unspecified atom stereocenters. The summed E-state index contributed by atoms with van der Waals surface area (Å²) < 4.78 is 13.2. The maximum atomic E-state index is 13.2. The molecule has 1 fully saturated rings. The number of rotatable bonds is 8. The number of aryl methyl sites for hydroxylation is 1. The number of carbonyl (C=O) groups is 2. The van der Waals surface area contributed by atoms with Crippen LogP contribution < -0.4 is 5.32 Å². The van der Waals surface area contributed by atoms with E-state index >= 15 is 0 Å². The lowest BCUT2D eigenvalue weighted by atomic mass is 10.0. The zero-order valence-corrected chi connectivity index (χ0v) is 21.1. The number of hydrogen-bond acceptors (Lipinski definition) is 4. The van der Waals surface area contributed by atoms with Crippen LogP contribution in [0.25, 0.3) is 0 Å². The van der Waals surface area contributed by atoms with Gasteiger partial charge in [-0.25, -0.2) is 4.39 Å². The second kappa shape index (κ2) is 11.8. The molecule has 0 spiro atoms. The van der Waals surface area contributed by atoms with Crippen LogP contribution in [-0.2, 0) is 22.6 Å². The number of carbonyl (C=O) groups excluding carboxylic acids is 2. The van der Waals surface area contributed by atoms with E-state index in [1.165, 1.54) is 12.1 Å². The lowest BCUT2D eigenvalue weighted by molar-refractivity contribution is -0.137. The van der Waals surface area contributed by atoms with Crippen molar-refractivity contribution in [3.63, 3.8) is 0 Å². The van der Waals surface area contributed by atoms with Gasteiger partial charge in [-0.15, -0.1) is 0 Å².